The highest BCUT2D eigenvalue weighted by Crippen LogP contribution is 2.36. The molecule has 2 heteroatoms. The van der Waals surface area contributed by atoms with Crippen molar-refractivity contribution < 1.29 is 0 Å². The molecule has 0 aliphatic rings. The van der Waals surface area contributed by atoms with E-state index in [-0.39, 0.29) is 5.38 Å². The van der Waals surface area contributed by atoms with Crippen molar-refractivity contribution in [3.05, 3.63) is 34.9 Å². The van der Waals surface area contributed by atoms with Crippen LogP contribution in [0.1, 0.15) is 45.1 Å². The molecule has 0 N–H and O–H groups in total. The van der Waals surface area contributed by atoms with E-state index in [4.69, 9.17) is 23.2 Å². The predicted octanol–water partition coefficient (Wildman–Crippen LogP) is 5.69. The highest BCUT2D eigenvalue weighted by molar-refractivity contribution is 6.30. The third-order valence-corrected chi connectivity index (χ3v) is 3.95. The zero-order valence-electron chi connectivity index (χ0n) is 10.4. The first-order chi connectivity index (χ1) is 7.30. The van der Waals surface area contributed by atoms with Gasteiger partial charge < -0.3 is 0 Å². The van der Waals surface area contributed by atoms with E-state index in [1.165, 1.54) is 0 Å². The fourth-order valence-corrected chi connectivity index (χ4v) is 2.01. The average molecular weight is 259 g/mol. The van der Waals surface area contributed by atoms with E-state index >= 15 is 0 Å². The van der Waals surface area contributed by atoms with Crippen molar-refractivity contribution in [3.8, 4) is 0 Å². The molecule has 0 heterocycles. The molecule has 16 heavy (non-hydrogen) atoms. The largest absolute Gasteiger partial charge is 0.118 e. The molecule has 0 aliphatic carbocycles. The van der Waals surface area contributed by atoms with Gasteiger partial charge in [0.15, 0.2) is 0 Å². The number of hydrogen-bond acceptors (Lipinski definition) is 0. The first-order valence-corrected chi connectivity index (χ1v) is 6.51. The summed E-state index contributed by atoms with van der Waals surface area (Å²) < 4.78 is 0. The normalized spacial score (nSPS) is 15.9. The van der Waals surface area contributed by atoms with Crippen LogP contribution < -0.4 is 0 Å². The minimum absolute atomic E-state index is 0.0755. The Kier molecular flexibility index (Phi) is 4.70. The highest BCUT2D eigenvalue weighted by Gasteiger charge is 2.23. The highest BCUT2D eigenvalue weighted by atomic mass is 35.5. The SMILES string of the molecule is CC(CC(Cl)c1ccc(Cl)cc1)C(C)(C)C. The van der Waals surface area contributed by atoms with Gasteiger partial charge >= 0.3 is 0 Å². The van der Waals surface area contributed by atoms with Crippen molar-refractivity contribution in [2.24, 2.45) is 11.3 Å². The molecule has 1 rings (SSSR count). The van der Waals surface area contributed by atoms with Crippen LogP contribution in [0.4, 0.5) is 0 Å². The van der Waals surface area contributed by atoms with Gasteiger partial charge in [-0.15, -0.1) is 11.6 Å². The van der Waals surface area contributed by atoms with Crippen LogP contribution in [-0.2, 0) is 0 Å². The first-order valence-electron chi connectivity index (χ1n) is 5.70. The molecule has 0 fully saturated rings. The van der Waals surface area contributed by atoms with Gasteiger partial charge in [0.2, 0.25) is 0 Å². The Bertz CT molecular complexity index is 322. The minimum Gasteiger partial charge on any atom is -0.118 e. The van der Waals surface area contributed by atoms with Gasteiger partial charge in [0, 0.05) is 5.02 Å². The fraction of sp³-hybridized carbons (Fsp3) is 0.571. The number of rotatable bonds is 3. The lowest BCUT2D eigenvalue weighted by Crippen LogP contribution is -2.18. The van der Waals surface area contributed by atoms with Crippen molar-refractivity contribution >= 4 is 23.2 Å². The van der Waals surface area contributed by atoms with Crippen LogP contribution in [0.5, 0.6) is 0 Å². The molecular weight excluding hydrogens is 239 g/mol. The molecule has 2 atom stereocenters. The molecule has 0 aliphatic heterocycles. The molecule has 0 saturated carbocycles. The maximum absolute atomic E-state index is 6.42. The lowest BCUT2D eigenvalue weighted by molar-refractivity contribution is 0.245. The summed E-state index contributed by atoms with van der Waals surface area (Å²) in [6, 6.07) is 7.81. The van der Waals surface area contributed by atoms with E-state index < -0.39 is 0 Å². The topological polar surface area (TPSA) is 0 Å². The lowest BCUT2D eigenvalue weighted by atomic mass is 9.79. The van der Waals surface area contributed by atoms with Crippen LogP contribution in [0, 0.1) is 11.3 Å². The van der Waals surface area contributed by atoms with Crippen LogP contribution in [0.3, 0.4) is 0 Å². The second kappa shape index (κ2) is 5.42. The Hall–Kier alpha value is -0.200. The van der Waals surface area contributed by atoms with Crippen molar-refractivity contribution in [2.75, 3.05) is 0 Å². The van der Waals surface area contributed by atoms with E-state index in [0.29, 0.717) is 11.3 Å². The lowest BCUT2D eigenvalue weighted by Gasteiger charge is -2.29. The van der Waals surface area contributed by atoms with Crippen LogP contribution in [-0.4, -0.2) is 0 Å². The number of alkyl halides is 1. The summed E-state index contributed by atoms with van der Waals surface area (Å²) in [7, 11) is 0. The van der Waals surface area contributed by atoms with Gasteiger partial charge in [0.1, 0.15) is 0 Å². The van der Waals surface area contributed by atoms with E-state index in [1.54, 1.807) is 0 Å². The van der Waals surface area contributed by atoms with Gasteiger partial charge in [-0.1, -0.05) is 51.4 Å². The van der Waals surface area contributed by atoms with E-state index in [2.05, 4.69) is 27.7 Å². The van der Waals surface area contributed by atoms with E-state index in [0.717, 1.165) is 17.0 Å². The van der Waals surface area contributed by atoms with E-state index in [1.807, 2.05) is 24.3 Å². The standard InChI is InChI=1S/C14H20Cl2/c1-10(14(2,3)4)9-13(16)11-5-7-12(15)8-6-11/h5-8,10,13H,9H2,1-4H3. The Morgan fingerprint density at radius 1 is 1.12 bits per heavy atom. The number of hydrogen-bond donors (Lipinski definition) is 0. The quantitative estimate of drug-likeness (QED) is 0.611. The summed E-state index contributed by atoms with van der Waals surface area (Å²) >= 11 is 12.3. The van der Waals surface area contributed by atoms with Gasteiger partial charge in [-0.2, -0.15) is 0 Å². The average Bonchev–Trinajstić information content (AvgIpc) is 2.17. The minimum atomic E-state index is 0.0755. The van der Waals surface area contributed by atoms with Gasteiger partial charge in [-0.05, 0) is 35.4 Å². The molecule has 0 aromatic heterocycles. The van der Waals surface area contributed by atoms with Crippen LogP contribution >= 0.6 is 23.2 Å². The second-order valence-electron chi connectivity index (χ2n) is 5.52. The Morgan fingerprint density at radius 2 is 1.62 bits per heavy atom. The number of benzene rings is 1. The molecule has 0 radical (unpaired) electrons. The molecule has 1 aromatic carbocycles. The van der Waals surface area contributed by atoms with Crippen molar-refractivity contribution in [1.29, 1.82) is 0 Å². The summed E-state index contributed by atoms with van der Waals surface area (Å²) in [5.74, 6) is 0.589. The molecule has 2 unspecified atom stereocenters. The predicted molar refractivity (Wildman–Crippen MR) is 73.3 cm³/mol. The summed E-state index contributed by atoms with van der Waals surface area (Å²) in [4.78, 5) is 0. The van der Waals surface area contributed by atoms with Gasteiger partial charge in [-0.3, -0.25) is 0 Å². The summed E-state index contributed by atoms with van der Waals surface area (Å²) in [5, 5.41) is 0.836. The van der Waals surface area contributed by atoms with Gasteiger partial charge in [0.25, 0.3) is 0 Å². The van der Waals surface area contributed by atoms with E-state index in [9.17, 15) is 0 Å². The zero-order valence-corrected chi connectivity index (χ0v) is 11.9. The fourth-order valence-electron chi connectivity index (χ4n) is 1.47. The summed E-state index contributed by atoms with van der Waals surface area (Å²) in [5.41, 5.74) is 1.46. The molecule has 90 valence electrons. The van der Waals surface area contributed by atoms with Crippen LogP contribution in [0.15, 0.2) is 24.3 Å². The van der Waals surface area contributed by atoms with Crippen LogP contribution in [0.25, 0.3) is 0 Å². The second-order valence-corrected chi connectivity index (χ2v) is 6.49. The molecule has 0 spiro atoms. The van der Waals surface area contributed by atoms with Crippen molar-refractivity contribution in [2.45, 2.75) is 39.5 Å². The van der Waals surface area contributed by atoms with Gasteiger partial charge in [-0.25, -0.2) is 0 Å². The smallest absolute Gasteiger partial charge is 0.0588 e. The molecule has 0 bridgehead atoms. The Balaban J connectivity index is 2.65. The zero-order chi connectivity index (χ0) is 12.3. The van der Waals surface area contributed by atoms with Crippen LogP contribution in [0.2, 0.25) is 5.02 Å². The molecular formula is C14H20Cl2. The summed E-state index contributed by atoms with van der Waals surface area (Å²) in [6.07, 6.45) is 0.993. The Morgan fingerprint density at radius 3 is 2.06 bits per heavy atom. The van der Waals surface area contributed by atoms with Crippen molar-refractivity contribution in [1.82, 2.24) is 0 Å². The first kappa shape index (κ1) is 13.9. The third-order valence-electron chi connectivity index (χ3n) is 3.27. The monoisotopic (exact) mass is 258 g/mol. The molecule has 0 saturated heterocycles. The van der Waals surface area contributed by atoms with Gasteiger partial charge in [0.05, 0.1) is 5.38 Å². The number of halogens is 2. The molecule has 1 aromatic rings. The maximum Gasteiger partial charge on any atom is 0.0588 e. The third kappa shape index (κ3) is 3.99. The van der Waals surface area contributed by atoms with Crippen molar-refractivity contribution in [3.63, 3.8) is 0 Å². The maximum atomic E-state index is 6.42. The molecule has 0 nitrogen and oxygen atoms in total. The molecule has 0 amide bonds. The Labute approximate surface area is 109 Å². The summed E-state index contributed by atoms with van der Waals surface area (Å²) in [6.45, 7) is 9.01.